The van der Waals surface area contributed by atoms with Crippen molar-refractivity contribution in [2.45, 2.75) is 25.8 Å². The van der Waals surface area contributed by atoms with Gasteiger partial charge in [-0.3, -0.25) is 9.59 Å². The molecule has 1 aliphatic rings. The molecule has 0 bridgehead atoms. The Morgan fingerprint density at radius 3 is 2.77 bits per heavy atom. The van der Waals surface area contributed by atoms with Crippen molar-refractivity contribution >= 4 is 23.6 Å². The first-order valence-corrected chi connectivity index (χ1v) is 8.85. The van der Waals surface area contributed by atoms with Crippen LogP contribution in [0, 0.1) is 5.92 Å². The lowest BCUT2D eigenvalue weighted by atomic mass is 9.84. The van der Waals surface area contributed by atoms with Gasteiger partial charge in [-0.05, 0) is 17.7 Å². The van der Waals surface area contributed by atoms with Crippen LogP contribution in [0.25, 0.3) is 0 Å². The van der Waals surface area contributed by atoms with Gasteiger partial charge in [0.1, 0.15) is 6.61 Å². The minimum Gasteiger partial charge on any atom is -0.465 e. The SMILES string of the molecule is CCSCCOC(=O)[C@@H]1CCC(=O)N(C)[C@H]1c1ccccc1. The van der Waals surface area contributed by atoms with Gasteiger partial charge in [0.15, 0.2) is 0 Å². The molecule has 1 saturated heterocycles. The van der Waals surface area contributed by atoms with Gasteiger partial charge in [-0.25, -0.2) is 0 Å². The fraction of sp³-hybridized carbons (Fsp3) is 0.529. The highest BCUT2D eigenvalue weighted by Gasteiger charge is 2.39. The Bertz CT molecular complexity index is 506. The molecule has 1 aromatic rings. The summed E-state index contributed by atoms with van der Waals surface area (Å²) in [5.74, 6) is 1.45. The number of likely N-dealkylation sites (tertiary alicyclic amines) is 1. The highest BCUT2D eigenvalue weighted by Crippen LogP contribution is 2.36. The Labute approximate surface area is 136 Å². The number of carbonyl (C=O) groups is 2. The van der Waals surface area contributed by atoms with Crippen LogP contribution in [-0.4, -0.2) is 41.9 Å². The van der Waals surface area contributed by atoms with Gasteiger partial charge in [-0.2, -0.15) is 11.8 Å². The van der Waals surface area contributed by atoms with Crippen molar-refractivity contribution in [1.29, 1.82) is 0 Å². The Morgan fingerprint density at radius 2 is 2.09 bits per heavy atom. The zero-order valence-corrected chi connectivity index (χ0v) is 14.0. The van der Waals surface area contributed by atoms with Crippen LogP contribution < -0.4 is 0 Å². The molecular formula is C17H23NO3S. The average Bonchev–Trinajstić information content (AvgIpc) is 2.54. The maximum Gasteiger partial charge on any atom is 0.311 e. The monoisotopic (exact) mass is 321 g/mol. The van der Waals surface area contributed by atoms with Crippen molar-refractivity contribution in [3.05, 3.63) is 35.9 Å². The number of benzene rings is 1. The molecule has 1 aromatic carbocycles. The number of hydrogen-bond acceptors (Lipinski definition) is 4. The van der Waals surface area contributed by atoms with Crippen LogP contribution in [0.5, 0.6) is 0 Å². The smallest absolute Gasteiger partial charge is 0.311 e. The molecule has 1 fully saturated rings. The third kappa shape index (κ3) is 4.03. The van der Waals surface area contributed by atoms with Crippen molar-refractivity contribution in [3.8, 4) is 0 Å². The van der Waals surface area contributed by atoms with E-state index in [0.29, 0.717) is 19.4 Å². The van der Waals surface area contributed by atoms with E-state index < -0.39 is 0 Å². The third-order valence-electron chi connectivity index (χ3n) is 3.98. The number of amides is 1. The molecule has 0 aromatic heterocycles. The van der Waals surface area contributed by atoms with E-state index in [1.165, 1.54) is 0 Å². The lowest BCUT2D eigenvalue weighted by molar-refractivity contribution is -0.155. The molecular weight excluding hydrogens is 298 g/mol. The molecule has 120 valence electrons. The van der Waals surface area contributed by atoms with Crippen LogP contribution in [0.3, 0.4) is 0 Å². The lowest BCUT2D eigenvalue weighted by Crippen LogP contribution is -2.43. The van der Waals surface area contributed by atoms with E-state index in [9.17, 15) is 9.59 Å². The normalized spacial score (nSPS) is 21.7. The first kappa shape index (κ1) is 16.9. The maximum atomic E-state index is 12.4. The Morgan fingerprint density at radius 1 is 1.36 bits per heavy atom. The Balaban J connectivity index is 2.10. The summed E-state index contributed by atoms with van der Waals surface area (Å²) in [6.45, 7) is 2.52. The van der Waals surface area contributed by atoms with E-state index in [0.717, 1.165) is 17.1 Å². The van der Waals surface area contributed by atoms with Gasteiger partial charge in [-0.15, -0.1) is 0 Å². The first-order chi connectivity index (χ1) is 10.6. The summed E-state index contributed by atoms with van der Waals surface area (Å²) in [4.78, 5) is 26.1. The predicted molar refractivity (Wildman–Crippen MR) is 88.6 cm³/mol. The fourth-order valence-electron chi connectivity index (χ4n) is 2.84. The van der Waals surface area contributed by atoms with Gasteiger partial charge in [-0.1, -0.05) is 37.3 Å². The molecule has 1 heterocycles. The average molecular weight is 321 g/mol. The third-order valence-corrected chi connectivity index (χ3v) is 4.84. The number of rotatable bonds is 6. The summed E-state index contributed by atoms with van der Waals surface area (Å²) in [5, 5.41) is 0. The quantitative estimate of drug-likeness (QED) is 0.597. The van der Waals surface area contributed by atoms with Gasteiger partial charge in [0, 0.05) is 19.2 Å². The second-order valence-corrected chi connectivity index (χ2v) is 6.76. The molecule has 4 nitrogen and oxygen atoms in total. The number of carbonyl (C=O) groups excluding carboxylic acids is 2. The van der Waals surface area contributed by atoms with Crippen LogP contribution in [-0.2, 0) is 14.3 Å². The van der Waals surface area contributed by atoms with E-state index in [-0.39, 0.29) is 23.8 Å². The van der Waals surface area contributed by atoms with Gasteiger partial charge in [0.2, 0.25) is 5.91 Å². The van der Waals surface area contributed by atoms with Crippen molar-refractivity contribution < 1.29 is 14.3 Å². The van der Waals surface area contributed by atoms with Gasteiger partial charge in [0.25, 0.3) is 0 Å². The van der Waals surface area contributed by atoms with E-state index >= 15 is 0 Å². The van der Waals surface area contributed by atoms with E-state index in [1.807, 2.05) is 30.3 Å². The van der Waals surface area contributed by atoms with E-state index in [4.69, 9.17) is 4.74 Å². The molecule has 0 radical (unpaired) electrons. The topological polar surface area (TPSA) is 46.6 Å². The van der Waals surface area contributed by atoms with Crippen molar-refractivity contribution in [1.82, 2.24) is 4.90 Å². The standard InChI is InChI=1S/C17H23NO3S/c1-3-22-12-11-21-17(20)14-9-10-15(19)18(2)16(14)13-7-5-4-6-8-13/h4-8,14,16H,3,9-12H2,1-2H3/t14-,16+/m1/s1. The van der Waals surface area contributed by atoms with E-state index in [2.05, 4.69) is 6.92 Å². The second-order valence-electron chi connectivity index (χ2n) is 5.37. The second kappa shape index (κ2) is 8.22. The summed E-state index contributed by atoms with van der Waals surface area (Å²) >= 11 is 1.75. The van der Waals surface area contributed by atoms with Crippen molar-refractivity contribution in [3.63, 3.8) is 0 Å². The minimum absolute atomic E-state index is 0.0828. The van der Waals surface area contributed by atoms with Crippen LogP contribution >= 0.6 is 11.8 Å². The summed E-state index contributed by atoms with van der Waals surface area (Å²) in [6.07, 6.45) is 0.964. The molecule has 0 aliphatic carbocycles. The predicted octanol–water partition coefficient (Wildman–Crippen LogP) is 2.89. The number of nitrogens with zero attached hydrogens (tertiary/aromatic N) is 1. The fourth-order valence-corrected chi connectivity index (χ4v) is 3.33. The molecule has 1 amide bonds. The molecule has 0 N–H and O–H groups in total. The van der Waals surface area contributed by atoms with Crippen LogP contribution in [0.4, 0.5) is 0 Å². The molecule has 0 unspecified atom stereocenters. The summed E-state index contributed by atoms with van der Waals surface area (Å²) in [5.41, 5.74) is 0.989. The number of ether oxygens (including phenoxy) is 1. The lowest BCUT2D eigenvalue weighted by Gasteiger charge is -2.38. The Hall–Kier alpha value is -1.49. The summed E-state index contributed by atoms with van der Waals surface area (Å²) in [7, 11) is 1.77. The maximum absolute atomic E-state index is 12.4. The number of esters is 1. The van der Waals surface area contributed by atoms with Crippen molar-refractivity contribution in [2.24, 2.45) is 5.92 Å². The highest BCUT2D eigenvalue weighted by molar-refractivity contribution is 7.99. The zero-order valence-electron chi connectivity index (χ0n) is 13.2. The zero-order chi connectivity index (χ0) is 15.9. The molecule has 2 rings (SSSR count). The van der Waals surface area contributed by atoms with Crippen LogP contribution in [0.1, 0.15) is 31.4 Å². The number of thioether (sulfide) groups is 1. The molecule has 2 atom stereocenters. The molecule has 0 saturated carbocycles. The molecule has 1 aliphatic heterocycles. The highest BCUT2D eigenvalue weighted by atomic mass is 32.2. The van der Waals surface area contributed by atoms with Gasteiger partial charge >= 0.3 is 5.97 Å². The molecule has 5 heteroatoms. The van der Waals surface area contributed by atoms with Crippen LogP contribution in [0.2, 0.25) is 0 Å². The number of hydrogen-bond donors (Lipinski definition) is 0. The summed E-state index contributed by atoms with van der Waals surface area (Å²) in [6, 6.07) is 9.50. The van der Waals surface area contributed by atoms with Gasteiger partial charge < -0.3 is 9.64 Å². The van der Waals surface area contributed by atoms with Gasteiger partial charge in [0.05, 0.1) is 12.0 Å². The van der Waals surface area contributed by atoms with Crippen molar-refractivity contribution in [2.75, 3.05) is 25.2 Å². The summed E-state index contributed by atoms with van der Waals surface area (Å²) < 4.78 is 5.42. The molecule has 22 heavy (non-hydrogen) atoms. The first-order valence-electron chi connectivity index (χ1n) is 7.70. The largest absolute Gasteiger partial charge is 0.465 e. The minimum atomic E-state index is -0.281. The van der Waals surface area contributed by atoms with E-state index in [1.54, 1.807) is 23.7 Å². The Kier molecular flexibility index (Phi) is 6.31. The number of piperidine rings is 1. The molecule has 0 spiro atoms. The van der Waals surface area contributed by atoms with Crippen LogP contribution in [0.15, 0.2) is 30.3 Å².